The summed E-state index contributed by atoms with van der Waals surface area (Å²) >= 11 is 0. The number of methoxy groups -OCH3 is 1. The second-order valence-corrected chi connectivity index (χ2v) is 5.49. The summed E-state index contributed by atoms with van der Waals surface area (Å²) in [4.78, 5) is 21.2. The lowest BCUT2D eigenvalue weighted by Gasteiger charge is -2.08. The van der Waals surface area contributed by atoms with Crippen LogP contribution in [-0.2, 0) is 24.3 Å². The van der Waals surface area contributed by atoms with Crippen molar-refractivity contribution in [1.29, 1.82) is 0 Å². The first-order valence-corrected chi connectivity index (χ1v) is 6.70. The Morgan fingerprint density at radius 1 is 1.41 bits per heavy atom. The number of rotatable bonds is 8. The van der Waals surface area contributed by atoms with Crippen molar-refractivity contribution in [3.63, 3.8) is 0 Å². The van der Waals surface area contributed by atoms with E-state index in [1.165, 1.54) is 14.0 Å². The number of carboxylic acid groups (broad SMARTS) is 1. The van der Waals surface area contributed by atoms with Crippen LogP contribution >= 0.6 is 0 Å². The third-order valence-corrected chi connectivity index (χ3v) is 3.51. The molecular formula is C9H17NO6S. The number of carbonyl (C=O) groups excluding carboxylic acids is 1. The lowest BCUT2D eigenvalue weighted by molar-refractivity contribution is -0.141. The fourth-order valence-corrected chi connectivity index (χ4v) is 1.95. The topological polar surface area (TPSA) is 110 Å². The van der Waals surface area contributed by atoms with Gasteiger partial charge in [0.25, 0.3) is 0 Å². The molecule has 0 aromatic carbocycles. The average Bonchev–Trinajstić information content (AvgIpc) is 2.25. The lowest BCUT2D eigenvalue weighted by atomic mass is 10.1. The van der Waals surface area contributed by atoms with Crippen molar-refractivity contribution in [1.82, 2.24) is 4.72 Å². The van der Waals surface area contributed by atoms with Gasteiger partial charge in [-0.15, -0.1) is 0 Å². The number of hydrogen-bond donors (Lipinski definition) is 2. The van der Waals surface area contributed by atoms with Crippen molar-refractivity contribution in [2.75, 3.05) is 19.4 Å². The van der Waals surface area contributed by atoms with E-state index < -0.39 is 27.9 Å². The van der Waals surface area contributed by atoms with Crippen molar-refractivity contribution in [3.8, 4) is 0 Å². The van der Waals surface area contributed by atoms with Crippen molar-refractivity contribution < 1.29 is 27.9 Å². The maximum atomic E-state index is 11.3. The van der Waals surface area contributed by atoms with Crippen molar-refractivity contribution >= 4 is 22.0 Å². The second kappa shape index (κ2) is 7.23. The minimum atomic E-state index is -3.55. The molecule has 0 heterocycles. The number of aliphatic carboxylic acids is 1. The van der Waals surface area contributed by atoms with Crippen molar-refractivity contribution in [2.45, 2.75) is 19.8 Å². The Hall–Kier alpha value is -1.15. The summed E-state index contributed by atoms with van der Waals surface area (Å²) in [6, 6.07) is 0. The molecule has 100 valence electrons. The van der Waals surface area contributed by atoms with Gasteiger partial charge < -0.3 is 9.84 Å². The van der Waals surface area contributed by atoms with E-state index in [1.54, 1.807) is 0 Å². The molecule has 17 heavy (non-hydrogen) atoms. The monoisotopic (exact) mass is 267 g/mol. The molecule has 7 nitrogen and oxygen atoms in total. The molecule has 0 aromatic rings. The van der Waals surface area contributed by atoms with Gasteiger partial charge >= 0.3 is 11.9 Å². The molecule has 0 saturated carbocycles. The number of hydrogen-bond acceptors (Lipinski definition) is 5. The first-order chi connectivity index (χ1) is 7.78. The Kier molecular flexibility index (Phi) is 6.74. The Morgan fingerprint density at radius 2 is 2.00 bits per heavy atom. The van der Waals surface area contributed by atoms with Gasteiger partial charge in [-0.3, -0.25) is 9.59 Å². The van der Waals surface area contributed by atoms with Gasteiger partial charge in [0.15, 0.2) is 0 Å². The zero-order chi connectivity index (χ0) is 13.5. The SMILES string of the molecule is COC(=O)CCS(=O)(=O)NCCC(C)C(=O)O. The standard InChI is InChI=1S/C9H17NO6S/c1-7(9(12)13)3-5-10-17(14,15)6-4-8(11)16-2/h7,10H,3-6H2,1-2H3,(H,12,13). The number of ether oxygens (including phenoxy) is 1. The Bertz CT molecular complexity index is 364. The maximum Gasteiger partial charge on any atom is 0.306 e. The van der Waals surface area contributed by atoms with E-state index in [2.05, 4.69) is 9.46 Å². The van der Waals surface area contributed by atoms with E-state index in [9.17, 15) is 18.0 Å². The van der Waals surface area contributed by atoms with E-state index in [4.69, 9.17) is 5.11 Å². The summed E-state index contributed by atoms with van der Waals surface area (Å²) in [7, 11) is -2.37. The summed E-state index contributed by atoms with van der Waals surface area (Å²) in [5.74, 6) is -2.55. The fourth-order valence-electron chi connectivity index (χ4n) is 0.946. The van der Waals surface area contributed by atoms with Gasteiger partial charge in [-0.2, -0.15) is 0 Å². The molecule has 0 rings (SSSR count). The summed E-state index contributed by atoms with van der Waals surface area (Å²) in [5.41, 5.74) is 0. The van der Waals surface area contributed by atoms with Crippen LogP contribution < -0.4 is 4.72 Å². The maximum absolute atomic E-state index is 11.3. The molecular weight excluding hydrogens is 250 g/mol. The average molecular weight is 267 g/mol. The molecule has 1 unspecified atom stereocenters. The second-order valence-electron chi connectivity index (χ2n) is 3.57. The van der Waals surface area contributed by atoms with Crippen LogP contribution in [-0.4, -0.2) is 44.9 Å². The van der Waals surface area contributed by atoms with Crippen LogP contribution in [0.25, 0.3) is 0 Å². The fraction of sp³-hybridized carbons (Fsp3) is 0.778. The van der Waals surface area contributed by atoms with Crippen LogP contribution in [0.2, 0.25) is 0 Å². The van der Waals surface area contributed by atoms with Crippen LogP contribution in [0.1, 0.15) is 19.8 Å². The van der Waals surface area contributed by atoms with Crippen molar-refractivity contribution in [2.24, 2.45) is 5.92 Å². The van der Waals surface area contributed by atoms with Gasteiger partial charge in [0, 0.05) is 6.54 Å². The van der Waals surface area contributed by atoms with Gasteiger partial charge in [-0.1, -0.05) is 6.92 Å². The van der Waals surface area contributed by atoms with E-state index in [-0.39, 0.29) is 25.1 Å². The van der Waals surface area contributed by atoms with Gasteiger partial charge in [0.05, 0.1) is 25.2 Å². The van der Waals surface area contributed by atoms with Crippen LogP contribution in [0, 0.1) is 5.92 Å². The highest BCUT2D eigenvalue weighted by Gasteiger charge is 2.15. The summed E-state index contributed by atoms with van der Waals surface area (Å²) < 4.78 is 29.2. The minimum absolute atomic E-state index is 0.0387. The smallest absolute Gasteiger partial charge is 0.306 e. The van der Waals surface area contributed by atoms with E-state index in [0.717, 1.165) is 0 Å². The molecule has 0 aliphatic heterocycles. The molecule has 0 saturated heterocycles. The summed E-state index contributed by atoms with van der Waals surface area (Å²) in [5, 5.41) is 8.58. The minimum Gasteiger partial charge on any atom is -0.481 e. The van der Waals surface area contributed by atoms with Crippen LogP contribution in [0.5, 0.6) is 0 Å². The molecule has 1 atom stereocenters. The van der Waals surface area contributed by atoms with E-state index >= 15 is 0 Å². The number of nitrogens with one attached hydrogen (secondary N) is 1. The molecule has 0 aromatic heterocycles. The van der Waals surface area contributed by atoms with Crippen LogP contribution in [0.3, 0.4) is 0 Å². The van der Waals surface area contributed by atoms with E-state index in [0.29, 0.717) is 0 Å². The third-order valence-electron chi connectivity index (χ3n) is 2.12. The number of esters is 1. The highest BCUT2D eigenvalue weighted by Crippen LogP contribution is 2.01. The number of carboxylic acids is 1. The molecule has 0 amide bonds. The molecule has 8 heteroatoms. The first-order valence-electron chi connectivity index (χ1n) is 5.05. The first kappa shape index (κ1) is 15.9. The highest BCUT2D eigenvalue weighted by atomic mass is 32.2. The molecule has 0 bridgehead atoms. The summed E-state index contributed by atoms with van der Waals surface area (Å²) in [6.07, 6.45) is -0.0207. The predicted octanol–water partition coefficient (Wildman–Crippen LogP) is -0.420. The largest absolute Gasteiger partial charge is 0.481 e. The van der Waals surface area contributed by atoms with E-state index in [1.807, 2.05) is 0 Å². The van der Waals surface area contributed by atoms with Gasteiger partial charge in [0.1, 0.15) is 0 Å². The third kappa shape index (κ3) is 7.70. The van der Waals surface area contributed by atoms with Crippen LogP contribution in [0.4, 0.5) is 0 Å². The molecule has 2 N–H and O–H groups in total. The summed E-state index contributed by atoms with van der Waals surface area (Å²) in [6.45, 7) is 1.53. The molecule has 0 fully saturated rings. The Labute approximate surface area is 100 Å². The molecule has 0 spiro atoms. The van der Waals surface area contributed by atoms with Crippen molar-refractivity contribution in [3.05, 3.63) is 0 Å². The number of sulfonamides is 1. The number of carbonyl (C=O) groups is 2. The predicted molar refractivity (Wildman–Crippen MR) is 59.8 cm³/mol. The van der Waals surface area contributed by atoms with Crippen LogP contribution in [0.15, 0.2) is 0 Å². The lowest BCUT2D eigenvalue weighted by Crippen LogP contribution is -2.30. The van der Waals surface area contributed by atoms with Gasteiger partial charge in [0.2, 0.25) is 10.0 Å². The Morgan fingerprint density at radius 3 is 2.47 bits per heavy atom. The van der Waals surface area contributed by atoms with Gasteiger partial charge in [-0.25, -0.2) is 13.1 Å². The quantitative estimate of drug-likeness (QED) is 0.578. The molecule has 0 aliphatic carbocycles. The Balaban J connectivity index is 3.94. The molecule has 0 aliphatic rings. The zero-order valence-electron chi connectivity index (χ0n) is 9.80. The molecule has 0 radical (unpaired) electrons. The highest BCUT2D eigenvalue weighted by molar-refractivity contribution is 7.89. The normalized spacial score (nSPS) is 13.1. The van der Waals surface area contributed by atoms with Gasteiger partial charge in [-0.05, 0) is 6.42 Å². The zero-order valence-corrected chi connectivity index (χ0v) is 10.6.